The highest BCUT2D eigenvalue weighted by Crippen LogP contribution is 2.16. The Bertz CT molecular complexity index is 154. The summed E-state index contributed by atoms with van der Waals surface area (Å²) in [4.78, 5) is 10.9. The molecule has 13 heavy (non-hydrogen) atoms. The number of hydrogen-bond acceptors (Lipinski definition) is 2. The Morgan fingerprint density at radius 2 is 1.77 bits per heavy atom. The number of ketones is 1. The molecule has 0 fully saturated rings. The molecule has 0 aromatic heterocycles. The lowest BCUT2D eigenvalue weighted by molar-refractivity contribution is -0.118. The fourth-order valence-corrected chi connectivity index (χ4v) is 1.59. The van der Waals surface area contributed by atoms with Gasteiger partial charge in [0.1, 0.15) is 5.78 Å². The molecule has 0 aromatic rings. The van der Waals surface area contributed by atoms with Gasteiger partial charge in [0.2, 0.25) is 0 Å². The van der Waals surface area contributed by atoms with Crippen LogP contribution < -0.4 is 5.73 Å². The first kappa shape index (κ1) is 12.6. The Kier molecular flexibility index (Phi) is 5.97. The van der Waals surface area contributed by atoms with E-state index in [1.165, 1.54) is 6.42 Å². The van der Waals surface area contributed by atoms with Crippen molar-refractivity contribution < 1.29 is 4.79 Å². The second-order valence-corrected chi connectivity index (χ2v) is 4.53. The van der Waals surface area contributed by atoms with Gasteiger partial charge >= 0.3 is 0 Å². The molecule has 2 atom stereocenters. The average molecular weight is 185 g/mol. The van der Waals surface area contributed by atoms with Crippen molar-refractivity contribution >= 4 is 5.78 Å². The maximum Gasteiger partial charge on any atom is 0.146 e. The van der Waals surface area contributed by atoms with Gasteiger partial charge in [0.15, 0.2) is 0 Å². The van der Waals surface area contributed by atoms with E-state index in [0.717, 1.165) is 18.8 Å². The smallest absolute Gasteiger partial charge is 0.146 e. The summed E-state index contributed by atoms with van der Waals surface area (Å²) >= 11 is 0. The summed E-state index contributed by atoms with van der Waals surface area (Å²) < 4.78 is 0. The van der Waals surface area contributed by atoms with Gasteiger partial charge in [-0.3, -0.25) is 4.79 Å². The molecule has 0 amide bonds. The highest BCUT2D eigenvalue weighted by molar-refractivity contribution is 5.80. The van der Waals surface area contributed by atoms with E-state index in [2.05, 4.69) is 20.8 Å². The molecule has 0 saturated heterocycles. The highest BCUT2D eigenvalue weighted by atomic mass is 16.1. The van der Waals surface area contributed by atoms with Crippen molar-refractivity contribution in [2.75, 3.05) is 0 Å². The van der Waals surface area contributed by atoms with Gasteiger partial charge in [-0.2, -0.15) is 0 Å². The molecule has 0 radical (unpaired) electrons. The SMILES string of the molecule is CC(=O)C(N)CCC(C)CC(C)C. The van der Waals surface area contributed by atoms with Crippen LogP contribution in [0, 0.1) is 11.8 Å². The number of nitrogens with two attached hydrogens (primary N) is 1. The Morgan fingerprint density at radius 1 is 1.23 bits per heavy atom. The molecule has 0 aliphatic rings. The van der Waals surface area contributed by atoms with Crippen molar-refractivity contribution in [1.82, 2.24) is 0 Å². The van der Waals surface area contributed by atoms with Crippen LogP contribution in [0.15, 0.2) is 0 Å². The minimum Gasteiger partial charge on any atom is -0.322 e. The second-order valence-electron chi connectivity index (χ2n) is 4.53. The highest BCUT2D eigenvalue weighted by Gasteiger charge is 2.11. The summed E-state index contributed by atoms with van der Waals surface area (Å²) in [5.74, 6) is 1.53. The van der Waals surface area contributed by atoms with Crippen LogP contribution in [0.1, 0.15) is 47.0 Å². The monoisotopic (exact) mass is 185 g/mol. The molecule has 0 spiro atoms. The summed E-state index contributed by atoms with van der Waals surface area (Å²) in [7, 11) is 0. The number of rotatable bonds is 6. The van der Waals surface area contributed by atoms with Crippen LogP contribution in [-0.4, -0.2) is 11.8 Å². The first-order valence-electron chi connectivity index (χ1n) is 5.19. The van der Waals surface area contributed by atoms with Gasteiger partial charge in [-0.15, -0.1) is 0 Å². The zero-order chi connectivity index (χ0) is 10.4. The topological polar surface area (TPSA) is 43.1 Å². The summed E-state index contributed by atoms with van der Waals surface area (Å²) in [6, 6.07) is -0.241. The van der Waals surface area contributed by atoms with E-state index in [9.17, 15) is 4.79 Å². The normalized spacial score (nSPS) is 15.8. The third-order valence-electron chi connectivity index (χ3n) is 2.37. The molecule has 0 heterocycles. The first-order chi connectivity index (χ1) is 5.93. The van der Waals surface area contributed by atoms with Crippen molar-refractivity contribution in [1.29, 1.82) is 0 Å². The molecule has 2 nitrogen and oxygen atoms in total. The van der Waals surface area contributed by atoms with Crippen LogP contribution in [0.25, 0.3) is 0 Å². The van der Waals surface area contributed by atoms with Crippen LogP contribution in [0.4, 0.5) is 0 Å². The van der Waals surface area contributed by atoms with E-state index in [4.69, 9.17) is 5.73 Å². The maximum absolute atomic E-state index is 10.9. The Labute approximate surface area is 81.9 Å². The maximum atomic E-state index is 10.9. The zero-order valence-electron chi connectivity index (χ0n) is 9.34. The standard InChI is InChI=1S/C11H23NO/c1-8(2)7-9(3)5-6-11(12)10(4)13/h8-9,11H,5-7,12H2,1-4H3. The van der Waals surface area contributed by atoms with E-state index in [1.54, 1.807) is 6.92 Å². The van der Waals surface area contributed by atoms with Crippen LogP contribution in [0.5, 0.6) is 0 Å². The molecule has 2 N–H and O–H groups in total. The molecule has 0 rings (SSSR count). The van der Waals surface area contributed by atoms with Gasteiger partial charge in [-0.1, -0.05) is 20.8 Å². The summed E-state index contributed by atoms with van der Waals surface area (Å²) in [6.07, 6.45) is 3.13. The van der Waals surface area contributed by atoms with E-state index >= 15 is 0 Å². The number of hydrogen-bond donors (Lipinski definition) is 1. The van der Waals surface area contributed by atoms with E-state index in [-0.39, 0.29) is 11.8 Å². The minimum absolute atomic E-state index is 0.108. The molecule has 2 heteroatoms. The molecule has 0 bridgehead atoms. The largest absolute Gasteiger partial charge is 0.322 e. The predicted molar refractivity (Wildman–Crippen MR) is 56.5 cm³/mol. The molecule has 0 aliphatic heterocycles. The minimum atomic E-state index is -0.241. The average Bonchev–Trinajstić information content (AvgIpc) is 1.98. The van der Waals surface area contributed by atoms with Crippen LogP contribution in [0.2, 0.25) is 0 Å². The van der Waals surface area contributed by atoms with Gasteiger partial charge in [0.05, 0.1) is 6.04 Å². The Morgan fingerprint density at radius 3 is 2.15 bits per heavy atom. The predicted octanol–water partition coefficient (Wildman–Crippen LogP) is 2.37. The summed E-state index contributed by atoms with van der Waals surface area (Å²) in [5.41, 5.74) is 5.65. The van der Waals surface area contributed by atoms with Crippen molar-refractivity contribution in [3.63, 3.8) is 0 Å². The number of carbonyl (C=O) groups is 1. The van der Waals surface area contributed by atoms with Crippen molar-refractivity contribution in [2.24, 2.45) is 17.6 Å². The third-order valence-corrected chi connectivity index (χ3v) is 2.37. The number of Topliss-reactive ketones (excluding diaryl/α,β-unsaturated/α-hetero) is 1. The summed E-state index contributed by atoms with van der Waals surface area (Å²) in [6.45, 7) is 8.24. The van der Waals surface area contributed by atoms with E-state index in [1.807, 2.05) is 0 Å². The molecule has 78 valence electrons. The molecular weight excluding hydrogens is 162 g/mol. The fraction of sp³-hybridized carbons (Fsp3) is 0.909. The van der Waals surface area contributed by atoms with Crippen LogP contribution in [-0.2, 0) is 4.79 Å². The van der Waals surface area contributed by atoms with E-state index in [0.29, 0.717) is 5.92 Å². The van der Waals surface area contributed by atoms with Crippen molar-refractivity contribution in [2.45, 2.75) is 53.0 Å². The van der Waals surface area contributed by atoms with Gasteiger partial charge in [-0.05, 0) is 38.0 Å². The molecule has 0 aromatic carbocycles. The summed E-state index contributed by atoms with van der Waals surface area (Å²) in [5, 5.41) is 0. The quantitative estimate of drug-likeness (QED) is 0.690. The van der Waals surface area contributed by atoms with Crippen molar-refractivity contribution in [3.05, 3.63) is 0 Å². The van der Waals surface area contributed by atoms with Crippen LogP contribution in [0.3, 0.4) is 0 Å². The fourth-order valence-electron chi connectivity index (χ4n) is 1.59. The van der Waals surface area contributed by atoms with Gasteiger partial charge < -0.3 is 5.73 Å². The van der Waals surface area contributed by atoms with E-state index < -0.39 is 0 Å². The van der Waals surface area contributed by atoms with Crippen molar-refractivity contribution in [3.8, 4) is 0 Å². The van der Waals surface area contributed by atoms with Gasteiger partial charge in [0, 0.05) is 0 Å². The third kappa shape index (κ3) is 6.76. The number of carbonyl (C=O) groups excluding carboxylic acids is 1. The lowest BCUT2D eigenvalue weighted by Gasteiger charge is -2.15. The molecule has 2 unspecified atom stereocenters. The lowest BCUT2D eigenvalue weighted by atomic mass is 9.92. The van der Waals surface area contributed by atoms with Gasteiger partial charge in [-0.25, -0.2) is 0 Å². The van der Waals surface area contributed by atoms with Gasteiger partial charge in [0.25, 0.3) is 0 Å². The Hall–Kier alpha value is -0.370. The second kappa shape index (κ2) is 6.14. The lowest BCUT2D eigenvalue weighted by Crippen LogP contribution is -2.28. The first-order valence-corrected chi connectivity index (χ1v) is 5.19. The molecule has 0 aliphatic carbocycles. The van der Waals surface area contributed by atoms with Crippen LogP contribution >= 0.6 is 0 Å². The molecular formula is C11H23NO. The molecule has 0 saturated carbocycles. The zero-order valence-corrected chi connectivity index (χ0v) is 9.34. The Balaban J connectivity index is 3.57.